The molecule has 1 aromatic heterocycles. The zero-order valence-corrected chi connectivity index (χ0v) is 13.3. The van der Waals surface area contributed by atoms with Crippen LogP contribution in [0.3, 0.4) is 0 Å². The smallest absolute Gasteiger partial charge is 0.191 e. The molecule has 0 amide bonds. The molecule has 0 spiro atoms. The Bertz CT molecular complexity index is 640. The molecule has 5 nitrogen and oxygen atoms in total. The maximum absolute atomic E-state index is 5.35. The molecule has 0 atom stereocenters. The highest BCUT2D eigenvalue weighted by atomic mass is 16.5. The summed E-state index contributed by atoms with van der Waals surface area (Å²) in [6, 6.07) is 11.9. The zero-order valence-electron chi connectivity index (χ0n) is 13.3. The van der Waals surface area contributed by atoms with Crippen LogP contribution in [0.1, 0.15) is 16.8 Å². The standard InChI is InChI=1S/C17H22N4O/c1-13-7-6-10-19-15(13)12-21-17(18-2)20-11-14-8-4-5-9-16(14)22-3/h4-10H,11-12H2,1-3H3,(H2,18,20,21). The molecule has 0 saturated heterocycles. The third-order valence-electron chi connectivity index (χ3n) is 3.40. The van der Waals surface area contributed by atoms with Crippen LogP contribution in [0.2, 0.25) is 0 Å². The second-order valence-electron chi connectivity index (χ2n) is 4.86. The number of hydrogen-bond donors (Lipinski definition) is 2. The minimum Gasteiger partial charge on any atom is -0.496 e. The van der Waals surface area contributed by atoms with Gasteiger partial charge in [-0.2, -0.15) is 0 Å². The number of guanidine groups is 1. The first-order valence-electron chi connectivity index (χ1n) is 7.21. The highest BCUT2D eigenvalue weighted by Crippen LogP contribution is 2.16. The summed E-state index contributed by atoms with van der Waals surface area (Å²) in [4.78, 5) is 8.59. The Kier molecular flexibility index (Phi) is 5.77. The molecule has 2 rings (SSSR count). The minimum absolute atomic E-state index is 0.637. The summed E-state index contributed by atoms with van der Waals surface area (Å²) >= 11 is 0. The number of methoxy groups -OCH3 is 1. The third kappa shape index (κ3) is 4.22. The highest BCUT2D eigenvalue weighted by molar-refractivity contribution is 5.79. The van der Waals surface area contributed by atoms with Crippen LogP contribution >= 0.6 is 0 Å². The molecule has 1 aromatic carbocycles. The molecule has 0 fully saturated rings. The number of aliphatic imine (C=N–C) groups is 1. The average Bonchev–Trinajstić information content (AvgIpc) is 2.56. The molecule has 0 aliphatic carbocycles. The largest absolute Gasteiger partial charge is 0.496 e. The van der Waals surface area contributed by atoms with E-state index in [1.165, 1.54) is 0 Å². The molecule has 116 valence electrons. The van der Waals surface area contributed by atoms with Gasteiger partial charge in [-0.15, -0.1) is 0 Å². The van der Waals surface area contributed by atoms with E-state index >= 15 is 0 Å². The normalized spacial score (nSPS) is 11.1. The van der Waals surface area contributed by atoms with Crippen LogP contribution in [0, 0.1) is 6.92 Å². The Hall–Kier alpha value is -2.56. The zero-order chi connectivity index (χ0) is 15.8. The van der Waals surface area contributed by atoms with Crippen LogP contribution in [0.25, 0.3) is 0 Å². The number of para-hydroxylation sites is 1. The lowest BCUT2D eigenvalue weighted by molar-refractivity contribution is 0.409. The van der Waals surface area contributed by atoms with Gasteiger partial charge in [0.2, 0.25) is 0 Å². The SMILES string of the molecule is CN=C(NCc1ccccc1OC)NCc1ncccc1C. The second kappa shape index (κ2) is 8.02. The topological polar surface area (TPSA) is 58.5 Å². The fraction of sp³-hybridized carbons (Fsp3) is 0.294. The lowest BCUT2D eigenvalue weighted by Crippen LogP contribution is -2.36. The van der Waals surface area contributed by atoms with Crippen LogP contribution in [0.5, 0.6) is 5.75 Å². The van der Waals surface area contributed by atoms with Crippen molar-refractivity contribution in [1.82, 2.24) is 15.6 Å². The summed E-state index contributed by atoms with van der Waals surface area (Å²) in [7, 11) is 3.43. The van der Waals surface area contributed by atoms with E-state index in [-0.39, 0.29) is 0 Å². The van der Waals surface area contributed by atoms with Crippen molar-refractivity contribution in [3.05, 3.63) is 59.4 Å². The highest BCUT2D eigenvalue weighted by Gasteiger charge is 2.04. The van der Waals surface area contributed by atoms with E-state index in [0.29, 0.717) is 13.1 Å². The van der Waals surface area contributed by atoms with E-state index in [2.05, 4.69) is 33.6 Å². The third-order valence-corrected chi connectivity index (χ3v) is 3.40. The first kappa shape index (κ1) is 15.8. The molecule has 0 aliphatic heterocycles. The monoisotopic (exact) mass is 298 g/mol. The molecule has 0 unspecified atom stereocenters. The number of rotatable bonds is 5. The maximum atomic E-state index is 5.35. The van der Waals surface area contributed by atoms with Crippen LogP contribution < -0.4 is 15.4 Å². The van der Waals surface area contributed by atoms with Gasteiger partial charge in [-0.3, -0.25) is 9.98 Å². The summed E-state index contributed by atoms with van der Waals surface area (Å²) in [5, 5.41) is 6.55. The van der Waals surface area contributed by atoms with Crippen molar-refractivity contribution in [3.8, 4) is 5.75 Å². The predicted octanol–water partition coefficient (Wildman–Crippen LogP) is 2.26. The van der Waals surface area contributed by atoms with E-state index in [1.54, 1.807) is 20.4 Å². The molecule has 2 aromatic rings. The Balaban J connectivity index is 1.92. The molecule has 5 heteroatoms. The van der Waals surface area contributed by atoms with Crippen molar-refractivity contribution < 1.29 is 4.74 Å². The summed E-state index contributed by atoms with van der Waals surface area (Å²) in [6.07, 6.45) is 1.80. The molecule has 0 radical (unpaired) electrons. The summed E-state index contributed by atoms with van der Waals surface area (Å²) in [5.74, 6) is 1.60. The lowest BCUT2D eigenvalue weighted by atomic mass is 10.2. The van der Waals surface area contributed by atoms with Gasteiger partial charge in [0.25, 0.3) is 0 Å². The molecule has 22 heavy (non-hydrogen) atoms. The van der Waals surface area contributed by atoms with Gasteiger partial charge in [0.05, 0.1) is 19.3 Å². The number of nitrogens with one attached hydrogen (secondary N) is 2. The molecule has 0 bridgehead atoms. The number of nitrogens with zero attached hydrogens (tertiary/aromatic N) is 2. The van der Waals surface area contributed by atoms with Gasteiger partial charge in [-0.1, -0.05) is 24.3 Å². The minimum atomic E-state index is 0.637. The first-order valence-corrected chi connectivity index (χ1v) is 7.21. The van der Waals surface area contributed by atoms with Crippen molar-refractivity contribution in [2.75, 3.05) is 14.2 Å². The fourth-order valence-corrected chi connectivity index (χ4v) is 2.12. The Labute approximate surface area is 131 Å². The van der Waals surface area contributed by atoms with Crippen LogP contribution in [-0.4, -0.2) is 25.1 Å². The molecular weight excluding hydrogens is 276 g/mol. The summed E-state index contributed by atoms with van der Waals surface area (Å²) < 4.78 is 5.35. The van der Waals surface area contributed by atoms with Crippen LogP contribution in [0.15, 0.2) is 47.6 Å². The Morgan fingerprint density at radius 2 is 1.91 bits per heavy atom. The number of benzene rings is 1. The Morgan fingerprint density at radius 3 is 2.64 bits per heavy atom. The second-order valence-corrected chi connectivity index (χ2v) is 4.86. The van der Waals surface area contributed by atoms with Crippen molar-refractivity contribution in [3.63, 3.8) is 0 Å². The summed E-state index contributed by atoms with van der Waals surface area (Å²) in [5.41, 5.74) is 3.26. The van der Waals surface area contributed by atoms with Gasteiger partial charge < -0.3 is 15.4 Å². The van der Waals surface area contributed by atoms with Gasteiger partial charge in [-0.05, 0) is 24.6 Å². The maximum Gasteiger partial charge on any atom is 0.191 e. The van der Waals surface area contributed by atoms with E-state index in [4.69, 9.17) is 4.74 Å². The predicted molar refractivity (Wildman–Crippen MR) is 89.0 cm³/mol. The van der Waals surface area contributed by atoms with E-state index in [9.17, 15) is 0 Å². The van der Waals surface area contributed by atoms with Gasteiger partial charge in [0.15, 0.2) is 5.96 Å². The van der Waals surface area contributed by atoms with E-state index in [0.717, 1.165) is 28.5 Å². The number of hydrogen-bond acceptors (Lipinski definition) is 3. The van der Waals surface area contributed by atoms with Crippen molar-refractivity contribution >= 4 is 5.96 Å². The fourth-order valence-electron chi connectivity index (χ4n) is 2.12. The molecular formula is C17H22N4O. The molecule has 0 saturated carbocycles. The Morgan fingerprint density at radius 1 is 1.14 bits per heavy atom. The van der Waals surface area contributed by atoms with Crippen LogP contribution in [0.4, 0.5) is 0 Å². The number of ether oxygens (including phenoxy) is 1. The average molecular weight is 298 g/mol. The number of aromatic nitrogens is 1. The first-order chi connectivity index (χ1) is 10.7. The molecule has 0 aliphatic rings. The molecule has 2 N–H and O–H groups in total. The molecule has 1 heterocycles. The lowest BCUT2D eigenvalue weighted by Gasteiger charge is -2.14. The van der Waals surface area contributed by atoms with E-state index in [1.807, 2.05) is 30.3 Å². The van der Waals surface area contributed by atoms with Crippen molar-refractivity contribution in [1.29, 1.82) is 0 Å². The van der Waals surface area contributed by atoms with Crippen molar-refractivity contribution in [2.24, 2.45) is 4.99 Å². The van der Waals surface area contributed by atoms with Gasteiger partial charge >= 0.3 is 0 Å². The van der Waals surface area contributed by atoms with Gasteiger partial charge in [0, 0.05) is 25.4 Å². The van der Waals surface area contributed by atoms with Crippen LogP contribution in [-0.2, 0) is 13.1 Å². The van der Waals surface area contributed by atoms with Gasteiger partial charge in [-0.25, -0.2) is 0 Å². The van der Waals surface area contributed by atoms with Gasteiger partial charge in [0.1, 0.15) is 5.75 Å². The number of aryl methyl sites for hydroxylation is 1. The quantitative estimate of drug-likeness (QED) is 0.657. The summed E-state index contributed by atoms with van der Waals surface area (Å²) in [6.45, 7) is 3.33. The number of pyridine rings is 1. The van der Waals surface area contributed by atoms with Crippen molar-refractivity contribution in [2.45, 2.75) is 20.0 Å². The van der Waals surface area contributed by atoms with E-state index < -0.39 is 0 Å².